The number of halogens is 1. The molecule has 0 aliphatic carbocycles. The van der Waals surface area contributed by atoms with E-state index in [9.17, 15) is 4.79 Å². The van der Waals surface area contributed by atoms with Gasteiger partial charge in [-0.25, -0.2) is 9.78 Å². The standard InChI is InChI=1S/C23H23ClN4O2S/c1-2-3-13-28(22-25-20(15-31-22)17-8-10-19(24)11-9-17)14-12-16-4-6-18(7-5-16)21-26-23(29)30-27-21/h4-11,15H,2-3,12-14H2,1H3,(H,26,27,29). The van der Waals surface area contributed by atoms with Crippen molar-refractivity contribution in [1.29, 1.82) is 0 Å². The molecule has 2 aromatic heterocycles. The van der Waals surface area contributed by atoms with Gasteiger partial charge in [-0.1, -0.05) is 66.5 Å². The van der Waals surface area contributed by atoms with Crippen LogP contribution in [-0.2, 0) is 6.42 Å². The molecule has 0 saturated heterocycles. The lowest BCUT2D eigenvalue weighted by atomic mass is 10.1. The van der Waals surface area contributed by atoms with Gasteiger partial charge in [0.2, 0.25) is 0 Å². The van der Waals surface area contributed by atoms with E-state index < -0.39 is 5.76 Å². The molecule has 0 spiro atoms. The topological polar surface area (TPSA) is 75.0 Å². The lowest BCUT2D eigenvalue weighted by molar-refractivity contribution is 0.388. The maximum Gasteiger partial charge on any atom is 0.439 e. The van der Waals surface area contributed by atoms with Gasteiger partial charge in [-0.3, -0.25) is 9.51 Å². The van der Waals surface area contributed by atoms with Crippen molar-refractivity contribution in [3.8, 4) is 22.6 Å². The Balaban J connectivity index is 1.45. The first kappa shape index (κ1) is 21.3. The molecule has 0 aliphatic rings. The van der Waals surface area contributed by atoms with Crippen LogP contribution >= 0.6 is 22.9 Å². The van der Waals surface area contributed by atoms with Crippen molar-refractivity contribution in [2.75, 3.05) is 18.0 Å². The second kappa shape index (κ2) is 9.94. The molecule has 31 heavy (non-hydrogen) atoms. The lowest BCUT2D eigenvalue weighted by Crippen LogP contribution is -2.26. The highest BCUT2D eigenvalue weighted by Gasteiger charge is 2.13. The predicted octanol–water partition coefficient (Wildman–Crippen LogP) is 5.66. The summed E-state index contributed by atoms with van der Waals surface area (Å²) >= 11 is 7.68. The Bertz CT molecular complexity index is 1170. The van der Waals surface area contributed by atoms with Crippen LogP contribution in [0, 0.1) is 0 Å². The van der Waals surface area contributed by atoms with Gasteiger partial charge < -0.3 is 4.90 Å². The third-order valence-corrected chi connectivity index (χ3v) is 6.18. The number of aromatic amines is 1. The molecule has 0 fully saturated rings. The molecule has 4 rings (SSSR count). The molecule has 6 nitrogen and oxygen atoms in total. The molecule has 1 N–H and O–H groups in total. The first-order chi connectivity index (χ1) is 15.1. The maximum absolute atomic E-state index is 11.1. The summed E-state index contributed by atoms with van der Waals surface area (Å²) in [5, 5.41) is 7.60. The Hall–Kier alpha value is -2.90. The zero-order valence-electron chi connectivity index (χ0n) is 17.2. The fourth-order valence-corrected chi connectivity index (χ4v) is 4.28. The van der Waals surface area contributed by atoms with Crippen LogP contribution in [0.4, 0.5) is 5.13 Å². The number of hydrogen-bond donors (Lipinski definition) is 1. The van der Waals surface area contributed by atoms with Crippen LogP contribution in [0.15, 0.2) is 63.2 Å². The Labute approximate surface area is 189 Å². The molecular weight excluding hydrogens is 432 g/mol. The monoisotopic (exact) mass is 454 g/mol. The number of nitrogens with one attached hydrogen (secondary N) is 1. The summed E-state index contributed by atoms with van der Waals surface area (Å²) in [5.41, 5.74) is 4.09. The molecule has 2 heterocycles. The van der Waals surface area contributed by atoms with Crippen LogP contribution in [0.5, 0.6) is 0 Å². The molecule has 0 bridgehead atoms. The quantitative estimate of drug-likeness (QED) is 0.353. The van der Waals surface area contributed by atoms with E-state index in [4.69, 9.17) is 16.6 Å². The minimum atomic E-state index is -0.549. The number of aromatic nitrogens is 3. The van der Waals surface area contributed by atoms with Crippen LogP contribution in [0.3, 0.4) is 0 Å². The highest BCUT2D eigenvalue weighted by molar-refractivity contribution is 7.14. The largest absolute Gasteiger partial charge is 0.439 e. The third-order valence-electron chi connectivity index (χ3n) is 5.02. The predicted molar refractivity (Wildman–Crippen MR) is 126 cm³/mol. The highest BCUT2D eigenvalue weighted by atomic mass is 35.5. The fourth-order valence-electron chi connectivity index (χ4n) is 3.26. The van der Waals surface area contributed by atoms with Crippen molar-refractivity contribution >= 4 is 28.1 Å². The summed E-state index contributed by atoms with van der Waals surface area (Å²) in [4.78, 5) is 20.9. The van der Waals surface area contributed by atoms with Gasteiger partial charge in [-0.15, -0.1) is 11.3 Å². The SMILES string of the molecule is CCCCN(CCc1ccc(-c2noc(=O)[nH]2)cc1)c1nc(-c2ccc(Cl)cc2)cs1. The number of thiazole rings is 1. The molecule has 0 amide bonds. The summed E-state index contributed by atoms with van der Waals surface area (Å²) in [6, 6.07) is 15.8. The van der Waals surface area contributed by atoms with E-state index in [2.05, 4.69) is 44.0 Å². The van der Waals surface area contributed by atoms with Crippen molar-refractivity contribution in [1.82, 2.24) is 15.1 Å². The molecule has 0 saturated carbocycles. The van der Waals surface area contributed by atoms with Crippen molar-refractivity contribution in [3.05, 3.63) is 75.0 Å². The average Bonchev–Trinajstić information content (AvgIpc) is 3.44. The first-order valence-corrected chi connectivity index (χ1v) is 11.5. The van der Waals surface area contributed by atoms with Crippen molar-refractivity contribution in [2.45, 2.75) is 26.2 Å². The minimum absolute atomic E-state index is 0.443. The second-order valence-corrected chi connectivity index (χ2v) is 8.53. The normalized spacial score (nSPS) is 11.0. The molecule has 0 radical (unpaired) electrons. The third kappa shape index (κ3) is 5.42. The number of anilines is 1. The van der Waals surface area contributed by atoms with Crippen molar-refractivity contribution < 1.29 is 4.52 Å². The van der Waals surface area contributed by atoms with E-state index in [1.54, 1.807) is 11.3 Å². The number of nitrogens with zero attached hydrogens (tertiary/aromatic N) is 3. The minimum Gasteiger partial charge on any atom is -0.348 e. The summed E-state index contributed by atoms with van der Waals surface area (Å²) in [6.07, 6.45) is 3.15. The van der Waals surface area contributed by atoms with Crippen molar-refractivity contribution in [3.63, 3.8) is 0 Å². The van der Waals surface area contributed by atoms with Gasteiger partial charge in [0.1, 0.15) is 0 Å². The zero-order chi connectivity index (χ0) is 21.6. The van der Waals surface area contributed by atoms with E-state index >= 15 is 0 Å². The molecule has 160 valence electrons. The van der Waals surface area contributed by atoms with Crippen molar-refractivity contribution in [2.24, 2.45) is 0 Å². The van der Waals surface area contributed by atoms with E-state index in [1.165, 1.54) is 5.56 Å². The lowest BCUT2D eigenvalue weighted by Gasteiger charge is -2.21. The Morgan fingerprint density at radius 2 is 1.81 bits per heavy atom. The van der Waals surface area contributed by atoms with E-state index in [-0.39, 0.29) is 0 Å². The second-order valence-electron chi connectivity index (χ2n) is 7.25. The van der Waals surface area contributed by atoms with Crippen LogP contribution < -0.4 is 10.7 Å². The van der Waals surface area contributed by atoms with Gasteiger partial charge in [0.15, 0.2) is 11.0 Å². The average molecular weight is 455 g/mol. The number of rotatable bonds is 9. The number of hydrogen-bond acceptors (Lipinski definition) is 6. The number of unbranched alkanes of at least 4 members (excludes halogenated alkanes) is 1. The molecule has 0 atom stereocenters. The van der Waals surface area contributed by atoms with Gasteiger partial charge >= 0.3 is 5.76 Å². The van der Waals surface area contributed by atoms with Gasteiger partial charge in [-0.2, -0.15) is 0 Å². The Kier molecular flexibility index (Phi) is 6.84. The summed E-state index contributed by atoms with van der Waals surface area (Å²) in [6.45, 7) is 4.06. The van der Waals surface area contributed by atoms with Crippen LogP contribution in [-0.4, -0.2) is 28.2 Å². The first-order valence-electron chi connectivity index (χ1n) is 10.2. The fraction of sp³-hybridized carbons (Fsp3) is 0.261. The smallest absolute Gasteiger partial charge is 0.348 e. The van der Waals surface area contributed by atoms with Crippen LogP contribution in [0.2, 0.25) is 5.02 Å². The van der Waals surface area contributed by atoms with Gasteiger partial charge in [0, 0.05) is 34.6 Å². The van der Waals surface area contributed by atoms with Gasteiger partial charge in [0.25, 0.3) is 0 Å². The van der Waals surface area contributed by atoms with Gasteiger partial charge in [0.05, 0.1) is 5.69 Å². The summed E-state index contributed by atoms with van der Waals surface area (Å²) in [7, 11) is 0. The van der Waals surface area contributed by atoms with E-state index in [1.807, 2.05) is 36.4 Å². The van der Waals surface area contributed by atoms with E-state index in [0.717, 1.165) is 59.3 Å². The zero-order valence-corrected chi connectivity index (χ0v) is 18.7. The van der Waals surface area contributed by atoms with Crippen LogP contribution in [0.1, 0.15) is 25.3 Å². The van der Waals surface area contributed by atoms with Gasteiger partial charge in [-0.05, 0) is 30.5 Å². The molecule has 4 aromatic rings. The molecule has 2 aromatic carbocycles. The number of benzene rings is 2. The van der Waals surface area contributed by atoms with Crippen LogP contribution in [0.25, 0.3) is 22.6 Å². The Morgan fingerprint density at radius 1 is 1.06 bits per heavy atom. The summed E-state index contributed by atoms with van der Waals surface area (Å²) < 4.78 is 4.57. The number of H-pyrrole nitrogens is 1. The highest BCUT2D eigenvalue weighted by Crippen LogP contribution is 2.29. The summed E-state index contributed by atoms with van der Waals surface area (Å²) in [5.74, 6) is -0.106. The molecular formula is C23H23ClN4O2S. The molecule has 8 heteroatoms. The molecule has 0 unspecified atom stereocenters. The molecule has 0 aliphatic heterocycles. The maximum atomic E-state index is 11.1. The van der Waals surface area contributed by atoms with E-state index in [0.29, 0.717) is 5.82 Å². The Morgan fingerprint density at radius 3 is 2.48 bits per heavy atom.